The first kappa shape index (κ1) is 16.0. The fourth-order valence-electron chi connectivity index (χ4n) is 2.51. The average Bonchev–Trinajstić information content (AvgIpc) is 3.14. The molecule has 0 spiro atoms. The zero-order valence-electron chi connectivity index (χ0n) is 12.1. The molecule has 23 heavy (non-hydrogen) atoms. The van der Waals surface area contributed by atoms with E-state index in [0.29, 0.717) is 22.4 Å². The third kappa shape index (κ3) is 2.85. The maximum Gasteiger partial charge on any atom is 0.278 e. The molecule has 1 aromatic carbocycles. The van der Waals surface area contributed by atoms with Crippen LogP contribution in [0.2, 0.25) is 5.02 Å². The van der Waals surface area contributed by atoms with Crippen molar-refractivity contribution in [2.24, 2.45) is 5.73 Å². The van der Waals surface area contributed by atoms with Crippen molar-refractivity contribution in [3.05, 3.63) is 47.4 Å². The second-order valence-electron chi connectivity index (χ2n) is 5.56. The summed E-state index contributed by atoms with van der Waals surface area (Å²) in [4.78, 5) is 4.39. The Bertz CT molecular complexity index is 825. The molecule has 0 saturated heterocycles. The summed E-state index contributed by atoms with van der Waals surface area (Å²) in [5.41, 5.74) is 7.25. The van der Waals surface area contributed by atoms with Crippen molar-refractivity contribution in [3.8, 4) is 17.3 Å². The summed E-state index contributed by atoms with van der Waals surface area (Å²) in [6, 6.07) is 9.27. The van der Waals surface area contributed by atoms with E-state index >= 15 is 0 Å². The number of benzene rings is 1. The van der Waals surface area contributed by atoms with Gasteiger partial charge in [0.05, 0.1) is 11.2 Å². The third-order valence-electron chi connectivity index (χ3n) is 4.00. The minimum atomic E-state index is -0.433. The number of nitrogens with zero attached hydrogens (tertiary/aromatic N) is 4. The fourth-order valence-corrected chi connectivity index (χ4v) is 2.70. The Kier molecular flexibility index (Phi) is 4.14. The second kappa shape index (κ2) is 5.96. The van der Waals surface area contributed by atoms with Gasteiger partial charge in [0.15, 0.2) is 11.5 Å². The van der Waals surface area contributed by atoms with E-state index in [-0.39, 0.29) is 12.4 Å². The number of rotatable bonds is 3. The molecule has 120 valence electrons. The lowest BCUT2D eigenvalue weighted by molar-refractivity contribution is 0.229. The van der Waals surface area contributed by atoms with Gasteiger partial charge in [-0.1, -0.05) is 22.8 Å². The summed E-state index contributed by atoms with van der Waals surface area (Å²) in [6.07, 6.45) is 4.71. The SMILES string of the molecule is Cl.NC1(c2noc(-c3ccn(-c4cccc(Cl)c4)n3)n2)CCC1. The number of aromatic nitrogens is 4. The van der Waals surface area contributed by atoms with Gasteiger partial charge in [-0.15, -0.1) is 12.4 Å². The molecule has 3 aromatic rings. The lowest BCUT2D eigenvalue weighted by Crippen LogP contribution is -2.44. The third-order valence-corrected chi connectivity index (χ3v) is 4.23. The molecule has 0 radical (unpaired) electrons. The van der Waals surface area contributed by atoms with Crippen LogP contribution >= 0.6 is 24.0 Å². The summed E-state index contributed by atoms with van der Waals surface area (Å²) in [5.74, 6) is 0.943. The summed E-state index contributed by atoms with van der Waals surface area (Å²) in [5, 5.41) is 9.11. The van der Waals surface area contributed by atoms with Crippen LogP contribution < -0.4 is 5.73 Å². The first-order valence-corrected chi connectivity index (χ1v) is 7.47. The number of nitrogens with two attached hydrogens (primary N) is 1. The molecule has 1 saturated carbocycles. The van der Waals surface area contributed by atoms with Gasteiger partial charge in [0.2, 0.25) is 0 Å². The van der Waals surface area contributed by atoms with Gasteiger partial charge in [0, 0.05) is 11.2 Å². The molecule has 0 atom stereocenters. The van der Waals surface area contributed by atoms with Crippen LogP contribution in [0.1, 0.15) is 25.1 Å². The molecule has 8 heteroatoms. The number of hydrogen-bond acceptors (Lipinski definition) is 5. The molecular weight excluding hydrogens is 337 g/mol. The smallest absolute Gasteiger partial charge is 0.278 e. The molecule has 2 heterocycles. The molecule has 6 nitrogen and oxygen atoms in total. The molecule has 2 N–H and O–H groups in total. The zero-order chi connectivity index (χ0) is 15.2. The van der Waals surface area contributed by atoms with Crippen molar-refractivity contribution in [2.75, 3.05) is 0 Å². The second-order valence-corrected chi connectivity index (χ2v) is 5.99. The summed E-state index contributed by atoms with van der Waals surface area (Å²) < 4.78 is 7.02. The summed E-state index contributed by atoms with van der Waals surface area (Å²) in [7, 11) is 0. The molecule has 1 aliphatic rings. The van der Waals surface area contributed by atoms with E-state index < -0.39 is 5.54 Å². The topological polar surface area (TPSA) is 82.8 Å². The monoisotopic (exact) mass is 351 g/mol. The van der Waals surface area contributed by atoms with Crippen molar-refractivity contribution in [2.45, 2.75) is 24.8 Å². The molecular formula is C15H15Cl2N5O. The van der Waals surface area contributed by atoms with Gasteiger partial charge in [-0.25, -0.2) is 4.68 Å². The van der Waals surface area contributed by atoms with E-state index in [9.17, 15) is 0 Å². The maximum atomic E-state index is 6.20. The van der Waals surface area contributed by atoms with Crippen molar-refractivity contribution in [1.82, 2.24) is 19.9 Å². The van der Waals surface area contributed by atoms with E-state index in [0.717, 1.165) is 24.9 Å². The Labute approximate surface area is 144 Å². The average molecular weight is 352 g/mol. The largest absolute Gasteiger partial charge is 0.332 e. The predicted octanol–water partition coefficient (Wildman–Crippen LogP) is 3.34. The van der Waals surface area contributed by atoms with Crippen LogP contribution in [-0.4, -0.2) is 19.9 Å². The van der Waals surface area contributed by atoms with Crippen LogP contribution in [0.3, 0.4) is 0 Å². The lowest BCUT2D eigenvalue weighted by Gasteiger charge is -2.34. The molecule has 0 bridgehead atoms. The zero-order valence-corrected chi connectivity index (χ0v) is 13.7. The number of hydrogen-bond donors (Lipinski definition) is 1. The van der Waals surface area contributed by atoms with Crippen molar-refractivity contribution in [3.63, 3.8) is 0 Å². The minimum absolute atomic E-state index is 0. The van der Waals surface area contributed by atoms with Crippen LogP contribution in [0.25, 0.3) is 17.3 Å². The Morgan fingerprint density at radius 1 is 1.26 bits per heavy atom. The van der Waals surface area contributed by atoms with Gasteiger partial charge < -0.3 is 10.3 Å². The highest BCUT2D eigenvalue weighted by molar-refractivity contribution is 6.30. The molecule has 0 unspecified atom stereocenters. The first-order chi connectivity index (χ1) is 10.6. The van der Waals surface area contributed by atoms with Gasteiger partial charge in [-0.2, -0.15) is 10.1 Å². The highest BCUT2D eigenvalue weighted by Gasteiger charge is 2.39. The number of halogens is 2. The van der Waals surface area contributed by atoms with E-state index in [4.69, 9.17) is 21.9 Å². The van der Waals surface area contributed by atoms with E-state index in [1.807, 2.05) is 36.5 Å². The van der Waals surface area contributed by atoms with Crippen molar-refractivity contribution >= 4 is 24.0 Å². The van der Waals surface area contributed by atoms with Gasteiger partial charge in [0.1, 0.15) is 0 Å². The molecule has 1 aliphatic carbocycles. The Balaban J connectivity index is 0.00000156. The van der Waals surface area contributed by atoms with Crippen LogP contribution in [0.15, 0.2) is 41.1 Å². The predicted molar refractivity (Wildman–Crippen MR) is 88.8 cm³/mol. The molecule has 4 rings (SSSR count). The van der Waals surface area contributed by atoms with E-state index in [1.165, 1.54) is 0 Å². The van der Waals surface area contributed by atoms with E-state index in [1.54, 1.807) is 4.68 Å². The molecule has 2 aromatic heterocycles. The lowest BCUT2D eigenvalue weighted by atomic mass is 9.77. The van der Waals surface area contributed by atoms with Crippen LogP contribution in [0.4, 0.5) is 0 Å². The summed E-state index contributed by atoms with van der Waals surface area (Å²) in [6.45, 7) is 0. The maximum absolute atomic E-state index is 6.20. The first-order valence-electron chi connectivity index (χ1n) is 7.09. The Morgan fingerprint density at radius 2 is 2.09 bits per heavy atom. The van der Waals surface area contributed by atoms with Crippen LogP contribution in [0, 0.1) is 0 Å². The van der Waals surface area contributed by atoms with Gasteiger partial charge in [0.25, 0.3) is 5.89 Å². The Hall–Kier alpha value is -1.89. The highest BCUT2D eigenvalue weighted by Crippen LogP contribution is 2.37. The normalized spacial score (nSPS) is 15.7. The van der Waals surface area contributed by atoms with Gasteiger partial charge >= 0.3 is 0 Å². The fraction of sp³-hybridized carbons (Fsp3) is 0.267. The van der Waals surface area contributed by atoms with Gasteiger partial charge in [-0.05, 0) is 43.5 Å². The van der Waals surface area contributed by atoms with Crippen LogP contribution in [-0.2, 0) is 5.54 Å². The van der Waals surface area contributed by atoms with Crippen molar-refractivity contribution < 1.29 is 4.52 Å². The quantitative estimate of drug-likeness (QED) is 0.782. The van der Waals surface area contributed by atoms with E-state index in [2.05, 4.69) is 15.2 Å². The molecule has 0 amide bonds. The standard InChI is InChI=1S/C15H14ClN5O.ClH/c16-10-3-1-4-11(9-10)21-8-5-12(19-21)13-18-14(20-22-13)15(17)6-2-7-15;/h1,3-5,8-9H,2,6-7,17H2;1H. The Morgan fingerprint density at radius 3 is 2.78 bits per heavy atom. The summed E-state index contributed by atoms with van der Waals surface area (Å²) >= 11 is 6.00. The van der Waals surface area contributed by atoms with Crippen LogP contribution in [0.5, 0.6) is 0 Å². The minimum Gasteiger partial charge on any atom is -0.332 e. The van der Waals surface area contributed by atoms with Gasteiger partial charge in [-0.3, -0.25) is 0 Å². The molecule has 1 fully saturated rings. The highest BCUT2D eigenvalue weighted by atomic mass is 35.5. The molecule has 0 aliphatic heterocycles. The van der Waals surface area contributed by atoms with Crippen molar-refractivity contribution in [1.29, 1.82) is 0 Å².